The number of hydrogen-bond donors (Lipinski definition) is 0. The summed E-state index contributed by atoms with van der Waals surface area (Å²) in [6.45, 7) is 0. The molecule has 0 N–H and O–H groups in total. The van der Waals surface area contributed by atoms with Gasteiger partial charge in [-0.3, -0.25) is 0 Å². The number of halogens is 2. The molecule has 0 bridgehead atoms. The van der Waals surface area contributed by atoms with Crippen LogP contribution in [0.1, 0.15) is 0 Å². The van der Waals surface area contributed by atoms with Gasteiger partial charge < -0.3 is 24.8 Å². The Morgan fingerprint density at radius 3 is 0.960 bits per heavy atom. The second kappa shape index (κ2) is 12.6. The molecule has 4 aromatic carbocycles. The number of rotatable bonds is 2. The summed E-state index contributed by atoms with van der Waals surface area (Å²) in [6.07, 6.45) is 0. The zero-order chi connectivity index (χ0) is 15.0. The molecule has 4 aromatic rings. The molecular weight excluding hydrogens is 386 g/mol. The van der Waals surface area contributed by atoms with Crippen LogP contribution in [0.3, 0.4) is 0 Å². The molecule has 4 rings (SSSR count). The Labute approximate surface area is 174 Å². The van der Waals surface area contributed by atoms with Crippen molar-refractivity contribution >= 4 is 0 Å². The minimum absolute atomic E-state index is 0. The largest absolute Gasteiger partial charge is 4.00 e. The van der Waals surface area contributed by atoms with Crippen LogP contribution in [-0.2, 0) is 18.6 Å². The van der Waals surface area contributed by atoms with E-state index in [-0.39, 0.29) is 43.4 Å². The summed E-state index contributed by atoms with van der Waals surface area (Å²) in [4.78, 5) is 0. The van der Waals surface area contributed by atoms with Crippen molar-refractivity contribution in [3.8, 4) is 22.3 Å². The summed E-state index contributed by atoms with van der Waals surface area (Å²) in [7, 11) is 0. The molecular formula is C22H18Cl2V. The van der Waals surface area contributed by atoms with Crippen molar-refractivity contribution in [3.63, 3.8) is 0 Å². The molecule has 0 spiro atoms. The first-order valence-corrected chi connectivity index (χ1v) is 7.48. The molecule has 0 nitrogen and oxygen atoms in total. The molecule has 0 heterocycles. The molecule has 125 valence electrons. The van der Waals surface area contributed by atoms with Crippen LogP contribution in [0.15, 0.2) is 109 Å². The molecule has 25 heavy (non-hydrogen) atoms. The quantitative estimate of drug-likeness (QED) is 0.418. The van der Waals surface area contributed by atoms with Gasteiger partial charge in [0.25, 0.3) is 0 Å². The van der Waals surface area contributed by atoms with Crippen molar-refractivity contribution in [1.82, 2.24) is 0 Å². The maximum absolute atomic E-state index is 2.12. The van der Waals surface area contributed by atoms with Crippen LogP contribution < -0.4 is 24.8 Å². The van der Waals surface area contributed by atoms with Gasteiger partial charge >= 0.3 is 18.6 Å². The first kappa shape index (κ1) is 23.3. The first-order chi connectivity index (χ1) is 10.9. The monoisotopic (exact) mass is 403 g/mol. The van der Waals surface area contributed by atoms with E-state index in [4.69, 9.17) is 0 Å². The van der Waals surface area contributed by atoms with Crippen molar-refractivity contribution < 1.29 is 43.4 Å². The minimum Gasteiger partial charge on any atom is -1.00 e. The Kier molecular flexibility index (Phi) is 11.8. The zero-order valence-corrected chi connectivity index (χ0v) is 16.5. The fraction of sp³-hybridized carbons (Fsp3) is 0. The molecule has 1 radical (unpaired) electrons. The van der Waals surface area contributed by atoms with Gasteiger partial charge in [0.15, 0.2) is 0 Å². The smallest absolute Gasteiger partial charge is 1.00 e. The fourth-order valence-corrected chi connectivity index (χ4v) is 2.39. The fourth-order valence-electron chi connectivity index (χ4n) is 2.39. The van der Waals surface area contributed by atoms with Crippen LogP contribution in [-0.4, -0.2) is 0 Å². The van der Waals surface area contributed by atoms with E-state index < -0.39 is 0 Å². The van der Waals surface area contributed by atoms with Crippen LogP contribution in [0, 0.1) is 0 Å². The molecule has 0 aromatic heterocycles. The second-order valence-electron chi connectivity index (χ2n) is 5.08. The van der Waals surface area contributed by atoms with Crippen LogP contribution in [0.5, 0.6) is 0 Å². The van der Waals surface area contributed by atoms with Crippen molar-refractivity contribution in [1.29, 1.82) is 0 Å². The molecule has 3 heteroatoms. The summed E-state index contributed by atoms with van der Waals surface area (Å²) in [5.74, 6) is 0. The van der Waals surface area contributed by atoms with Crippen molar-refractivity contribution in [2.75, 3.05) is 0 Å². The van der Waals surface area contributed by atoms with E-state index >= 15 is 0 Å². The van der Waals surface area contributed by atoms with Crippen LogP contribution in [0.4, 0.5) is 0 Å². The van der Waals surface area contributed by atoms with Crippen molar-refractivity contribution in [2.45, 2.75) is 0 Å². The molecule has 0 saturated carbocycles. The Morgan fingerprint density at radius 2 is 0.680 bits per heavy atom. The first-order valence-electron chi connectivity index (χ1n) is 7.48. The van der Waals surface area contributed by atoms with Gasteiger partial charge in [0.05, 0.1) is 0 Å². The van der Waals surface area contributed by atoms with E-state index in [1.807, 2.05) is 12.1 Å². The molecule has 0 aliphatic rings. The molecule has 0 fully saturated rings. The van der Waals surface area contributed by atoms with E-state index in [0.29, 0.717) is 0 Å². The molecule has 0 aliphatic carbocycles. The van der Waals surface area contributed by atoms with Gasteiger partial charge in [0.2, 0.25) is 0 Å². The molecule has 0 aliphatic heterocycles. The Balaban J connectivity index is 0.000000411. The Hall–Kier alpha value is -1.70. The number of hydrogen-bond acceptors (Lipinski definition) is 0. The molecule has 0 saturated heterocycles. The third kappa shape index (κ3) is 6.98. The molecule has 0 unspecified atom stereocenters. The van der Waals surface area contributed by atoms with Crippen molar-refractivity contribution in [2.24, 2.45) is 0 Å². The third-order valence-electron chi connectivity index (χ3n) is 3.54. The molecule has 0 amide bonds. The summed E-state index contributed by atoms with van der Waals surface area (Å²) >= 11 is 0. The topological polar surface area (TPSA) is 0 Å². The van der Waals surface area contributed by atoms with Gasteiger partial charge in [0.1, 0.15) is 0 Å². The average Bonchev–Trinajstić information content (AvgIpc) is 3.31. The van der Waals surface area contributed by atoms with Gasteiger partial charge in [-0.15, -0.1) is 59.7 Å². The normalized spacial score (nSPS) is 8.64. The van der Waals surface area contributed by atoms with Crippen molar-refractivity contribution in [3.05, 3.63) is 109 Å². The van der Waals surface area contributed by atoms with E-state index in [9.17, 15) is 0 Å². The predicted molar refractivity (Wildman–Crippen MR) is 94.9 cm³/mol. The van der Waals surface area contributed by atoms with Crippen LogP contribution in [0.2, 0.25) is 0 Å². The summed E-state index contributed by atoms with van der Waals surface area (Å²) in [5, 5.41) is 0. The second-order valence-corrected chi connectivity index (χ2v) is 5.08. The van der Waals surface area contributed by atoms with Crippen LogP contribution in [0.25, 0.3) is 22.3 Å². The Bertz CT molecular complexity index is 692. The predicted octanol–water partition coefficient (Wildman–Crippen LogP) is 0.151. The van der Waals surface area contributed by atoms with Gasteiger partial charge in [-0.05, 0) is 0 Å². The van der Waals surface area contributed by atoms with Gasteiger partial charge in [-0.25, -0.2) is 0 Å². The van der Waals surface area contributed by atoms with E-state index in [0.717, 1.165) is 0 Å². The van der Waals surface area contributed by atoms with E-state index in [2.05, 4.69) is 97.1 Å². The third-order valence-corrected chi connectivity index (χ3v) is 3.54. The maximum Gasteiger partial charge on any atom is 4.00 e. The van der Waals surface area contributed by atoms with E-state index in [1.54, 1.807) is 0 Å². The van der Waals surface area contributed by atoms with Crippen LogP contribution >= 0.6 is 0 Å². The summed E-state index contributed by atoms with van der Waals surface area (Å²) < 4.78 is 0. The standard InChI is InChI=1S/2C11H9.2ClH.V/c2*1-2-6-10(7-3-1)11-8-4-5-9-11;;;/h2*1-9H;2*1H;/q2*-1;;;+4/p-2. The van der Waals surface area contributed by atoms with Gasteiger partial charge in [-0.1, -0.05) is 47.5 Å². The van der Waals surface area contributed by atoms with Gasteiger partial charge in [0, 0.05) is 0 Å². The molecule has 0 atom stereocenters. The van der Waals surface area contributed by atoms with Gasteiger partial charge in [-0.2, -0.15) is 24.3 Å². The SMILES string of the molecule is [Cl-].[Cl-].[V+4].c1ccc(-[c-]2cccc2)cc1.c1ccc(-[c-]2cccc2)cc1. The maximum atomic E-state index is 2.12. The van der Waals surface area contributed by atoms with E-state index in [1.165, 1.54) is 22.3 Å². The Morgan fingerprint density at radius 1 is 0.400 bits per heavy atom. The zero-order valence-electron chi connectivity index (χ0n) is 13.6. The average molecular weight is 404 g/mol. The summed E-state index contributed by atoms with van der Waals surface area (Å²) in [5.41, 5.74) is 5.17. The minimum atomic E-state index is 0. The number of benzene rings is 2. The summed E-state index contributed by atoms with van der Waals surface area (Å²) in [6, 6.07) is 37.5.